The predicted octanol–water partition coefficient (Wildman–Crippen LogP) is 3.65. The van der Waals surface area contributed by atoms with Crippen LogP contribution in [0.1, 0.15) is 24.8 Å². The molecular formula is C15H15F2IO2. The van der Waals surface area contributed by atoms with Gasteiger partial charge in [0.1, 0.15) is 12.1 Å². The third kappa shape index (κ3) is 1.96. The van der Waals surface area contributed by atoms with Crippen LogP contribution in [0.25, 0.3) is 0 Å². The van der Waals surface area contributed by atoms with E-state index in [-0.39, 0.29) is 17.2 Å². The zero-order chi connectivity index (χ0) is 14.3. The maximum atomic E-state index is 14.2. The molecule has 20 heavy (non-hydrogen) atoms. The molecule has 0 spiro atoms. The number of carbonyl (C=O) groups is 1. The highest BCUT2D eigenvalue weighted by atomic mass is 127. The van der Waals surface area contributed by atoms with Crippen LogP contribution >= 0.6 is 22.6 Å². The minimum Gasteiger partial charge on any atom is -0.490 e. The Kier molecular flexibility index (Phi) is 3.73. The van der Waals surface area contributed by atoms with E-state index in [0.717, 1.165) is 35.7 Å². The Bertz CT molecular complexity index is 549. The second kappa shape index (κ2) is 5.24. The molecule has 0 bridgehead atoms. The lowest BCUT2D eigenvalue weighted by Crippen LogP contribution is -2.48. The Labute approximate surface area is 130 Å². The smallest absolute Gasteiger partial charge is 0.165 e. The zero-order valence-corrected chi connectivity index (χ0v) is 13.0. The third-order valence-corrected chi connectivity index (χ3v) is 5.94. The number of benzene rings is 1. The molecule has 3 rings (SSSR count). The summed E-state index contributed by atoms with van der Waals surface area (Å²) in [5, 5.41) is 0. The minimum absolute atomic E-state index is 0.0580. The Balaban J connectivity index is 2.13. The van der Waals surface area contributed by atoms with Gasteiger partial charge in [-0.1, -0.05) is 22.6 Å². The number of hydrogen-bond acceptors (Lipinski definition) is 2. The highest BCUT2D eigenvalue weighted by Crippen LogP contribution is 2.51. The maximum absolute atomic E-state index is 14.2. The first-order valence-electron chi connectivity index (χ1n) is 6.76. The molecule has 0 aromatic heterocycles. The van der Waals surface area contributed by atoms with Gasteiger partial charge >= 0.3 is 0 Å². The number of aldehydes is 1. The lowest BCUT2D eigenvalue weighted by Gasteiger charge is -2.46. The summed E-state index contributed by atoms with van der Waals surface area (Å²) in [6, 6.07) is 2.15. The predicted molar refractivity (Wildman–Crippen MR) is 79.3 cm³/mol. The topological polar surface area (TPSA) is 26.3 Å². The number of halogens is 3. The van der Waals surface area contributed by atoms with Gasteiger partial charge < -0.3 is 9.53 Å². The van der Waals surface area contributed by atoms with Gasteiger partial charge in [0.2, 0.25) is 0 Å². The summed E-state index contributed by atoms with van der Waals surface area (Å²) < 4.78 is 34.5. The van der Waals surface area contributed by atoms with Gasteiger partial charge in [-0.15, -0.1) is 0 Å². The highest BCUT2D eigenvalue weighted by molar-refractivity contribution is 14.1. The van der Waals surface area contributed by atoms with Crippen molar-refractivity contribution < 1.29 is 18.3 Å². The standard InChI is InChI=1S/C15H15F2IO2/c16-11-1-2-12(17)14-13(11)15(8-19)4-3-9(6-18)5-10(15)7-20-14/h1-2,8-10H,3-7H2/t9-,10+,15-/m0/s1. The molecule has 1 heterocycles. The van der Waals surface area contributed by atoms with Crippen LogP contribution in [0.15, 0.2) is 12.1 Å². The fraction of sp³-hybridized carbons (Fsp3) is 0.533. The molecule has 1 aromatic carbocycles. The average Bonchev–Trinajstić information content (AvgIpc) is 2.49. The lowest BCUT2D eigenvalue weighted by molar-refractivity contribution is -0.118. The molecule has 0 saturated heterocycles. The summed E-state index contributed by atoms with van der Waals surface area (Å²) in [5.41, 5.74) is -0.780. The van der Waals surface area contributed by atoms with Crippen LogP contribution in [0.5, 0.6) is 5.75 Å². The van der Waals surface area contributed by atoms with Gasteiger partial charge in [-0.05, 0) is 37.3 Å². The van der Waals surface area contributed by atoms with Crippen molar-refractivity contribution in [1.29, 1.82) is 0 Å². The van der Waals surface area contributed by atoms with Crippen LogP contribution in [-0.4, -0.2) is 17.3 Å². The molecular weight excluding hydrogens is 377 g/mol. The van der Waals surface area contributed by atoms with E-state index in [9.17, 15) is 13.6 Å². The molecule has 1 fully saturated rings. The molecule has 1 aliphatic carbocycles. The van der Waals surface area contributed by atoms with Crippen molar-refractivity contribution in [2.75, 3.05) is 11.0 Å². The van der Waals surface area contributed by atoms with Crippen LogP contribution in [0.3, 0.4) is 0 Å². The van der Waals surface area contributed by atoms with Crippen LogP contribution in [-0.2, 0) is 10.2 Å². The molecule has 3 atom stereocenters. The van der Waals surface area contributed by atoms with Crippen molar-refractivity contribution in [2.45, 2.75) is 24.7 Å². The molecule has 5 heteroatoms. The van der Waals surface area contributed by atoms with E-state index in [1.54, 1.807) is 0 Å². The molecule has 2 aliphatic rings. The first-order chi connectivity index (χ1) is 9.62. The van der Waals surface area contributed by atoms with Crippen molar-refractivity contribution in [3.05, 3.63) is 29.3 Å². The van der Waals surface area contributed by atoms with E-state index in [2.05, 4.69) is 22.6 Å². The van der Waals surface area contributed by atoms with Crippen molar-refractivity contribution in [3.8, 4) is 5.75 Å². The summed E-state index contributed by atoms with van der Waals surface area (Å²) in [6.07, 6.45) is 3.10. The molecule has 2 nitrogen and oxygen atoms in total. The summed E-state index contributed by atoms with van der Waals surface area (Å²) in [6.45, 7) is 0.291. The molecule has 1 saturated carbocycles. The molecule has 0 N–H and O–H groups in total. The molecule has 0 amide bonds. The van der Waals surface area contributed by atoms with E-state index in [1.807, 2.05) is 0 Å². The van der Waals surface area contributed by atoms with Crippen molar-refractivity contribution >= 4 is 28.9 Å². The number of rotatable bonds is 2. The SMILES string of the molecule is O=C[C@@]12CC[C@H](CI)C[C@@H]1COc1c(F)ccc(F)c12. The number of alkyl halides is 1. The molecule has 108 valence electrons. The lowest BCUT2D eigenvalue weighted by atomic mass is 9.60. The van der Waals surface area contributed by atoms with Gasteiger partial charge in [0.15, 0.2) is 11.6 Å². The third-order valence-electron chi connectivity index (χ3n) is 4.69. The van der Waals surface area contributed by atoms with Crippen molar-refractivity contribution in [3.63, 3.8) is 0 Å². The quantitative estimate of drug-likeness (QED) is 0.437. The average molecular weight is 392 g/mol. The fourth-order valence-electron chi connectivity index (χ4n) is 3.57. The Morgan fingerprint density at radius 2 is 2.15 bits per heavy atom. The molecule has 1 aromatic rings. The van der Waals surface area contributed by atoms with Crippen LogP contribution < -0.4 is 4.74 Å². The molecule has 0 unspecified atom stereocenters. The van der Waals surface area contributed by atoms with E-state index < -0.39 is 17.0 Å². The summed E-state index contributed by atoms with van der Waals surface area (Å²) >= 11 is 2.34. The van der Waals surface area contributed by atoms with E-state index in [4.69, 9.17) is 4.74 Å². The monoisotopic (exact) mass is 392 g/mol. The summed E-state index contributed by atoms with van der Waals surface area (Å²) in [5.74, 6) is -0.725. The van der Waals surface area contributed by atoms with Crippen LogP contribution in [0.2, 0.25) is 0 Å². The van der Waals surface area contributed by atoms with Gasteiger partial charge in [0, 0.05) is 15.9 Å². The van der Waals surface area contributed by atoms with Gasteiger partial charge in [0.25, 0.3) is 0 Å². The molecule has 1 aliphatic heterocycles. The van der Waals surface area contributed by atoms with Crippen molar-refractivity contribution in [2.24, 2.45) is 11.8 Å². The maximum Gasteiger partial charge on any atom is 0.165 e. The number of fused-ring (bicyclic) bond motifs is 3. The summed E-state index contributed by atoms with van der Waals surface area (Å²) in [7, 11) is 0. The zero-order valence-electron chi connectivity index (χ0n) is 10.9. The van der Waals surface area contributed by atoms with Crippen LogP contribution in [0.4, 0.5) is 8.78 Å². The number of hydrogen-bond donors (Lipinski definition) is 0. The minimum atomic E-state index is -0.915. The van der Waals surface area contributed by atoms with E-state index in [0.29, 0.717) is 18.9 Å². The largest absolute Gasteiger partial charge is 0.490 e. The van der Waals surface area contributed by atoms with Gasteiger partial charge in [-0.25, -0.2) is 8.78 Å². The van der Waals surface area contributed by atoms with Crippen LogP contribution in [0, 0.1) is 23.5 Å². The second-order valence-corrected chi connectivity index (χ2v) is 6.57. The highest BCUT2D eigenvalue weighted by Gasteiger charge is 2.51. The Hall–Kier alpha value is -0.720. The van der Waals surface area contributed by atoms with Gasteiger partial charge in [-0.3, -0.25) is 0 Å². The second-order valence-electron chi connectivity index (χ2n) is 5.69. The first-order valence-corrected chi connectivity index (χ1v) is 8.28. The van der Waals surface area contributed by atoms with E-state index in [1.165, 1.54) is 0 Å². The first kappa shape index (κ1) is 14.2. The fourth-order valence-corrected chi connectivity index (χ4v) is 4.37. The Morgan fingerprint density at radius 1 is 1.40 bits per heavy atom. The molecule has 0 radical (unpaired) electrons. The van der Waals surface area contributed by atoms with Gasteiger partial charge in [0.05, 0.1) is 12.0 Å². The normalized spacial score (nSPS) is 31.9. The summed E-state index contributed by atoms with van der Waals surface area (Å²) in [4.78, 5) is 11.8. The Morgan fingerprint density at radius 3 is 2.85 bits per heavy atom. The van der Waals surface area contributed by atoms with E-state index >= 15 is 0 Å². The number of carbonyl (C=O) groups excluding carboxylic acids is 1. The number of ether oxygens (including phenoxy) is 1. The van der Waals surface area contributed by atoms with Crippen molar-refractivity contribution in [1.82, 2.24) is 0 Å². The van der Waals surface area contributed by atoms with Gasteiger partial charge in [-0.2, -0.15) is 0 Å².